The van der Waals surface area contributed by atoms with Crippen molar-refractivity contribution in [3.63, 3.8) is 0 Å². The summed E-state index contributed by atoms with van der Waals surface area (Å²) < 4.78 is 0. The van der Waals surface area contributed by atoms with Crippen LogP contribution in [-0.4, -0.2) is 79.5 Å². The summed E-state index contributed by atoms with van der Waals surface area (Å²) in [6.45, 7) is 5.79. The van der Waals surface area contributed by atoms with E-state index in [-0.39, 0.29) is 5.91 Å². The van der Waals surface area contributed by atoms with Crippen molar-refractivity contribution in [1.29, 1.82) is 0 Å². The molecule has 0 bridgehead atoms. The molecule has 1 saturated heterocycles. The molecular formula is C14H28N4O. The molecule has 0 radical (unpaired) electrons. The summed E-state index contributed by atoms with van der Waals surface area (Å²) in [6, 6.07) is 0.583. The largest absolute Gasteiger partial charge is 0.339 e. The van der Waals surface area contributed by atoms with Crippen LogP contribution in [0.15, 0.2) is 0 Å². The number of nitrogens with zero attached hydrogens (tertiary/aromatic N) is 3. The molecule has 0 spiro atoms. The molecule has 1 amide bonds. The van der Waals surface area contributed by atoms with E-state index in [1.54, 1.807) is 0 Å². The third-order valence-electron chi connectivity index (χ3n) is 4.45. The molecule has 19 heavy (non-hydrogen) atoms. The highest BCUT2D eigenvalue weighted by Crippen LogP contribution is 2.23. The Morgan fingerprint density at radius 2 is 1.84 bits per heavy atom. The molecule has 110 valence electrons. The first-order valence-electron chi connectivity index (χ1n) is 7.61. The van der Waals surface area contributed by atoms with Crippen LogP contribution in [0.2, 0.25) is 0 Å². The van der Waals surface area contributed by atoms with E-state index in [9.17, 15) is 4.79 Å². The number of hydrogen-bond acceptors (Lipinski definition) is 4. The van der Waals surface area contributed by atoms with Gasteiger partial charge in [-0.1, -0.05) is 12.8 Å². The van der Waals surface area contributed by atoms with Crippen LogP contribution in [0.1, 0.15) is 25.7 Å². The maximum absolute atomic E-state index is 12.4. The lowest BCUT2D eigenvalue weighted by Gasteiger charge is -2.35. The Balaban J connectivity index is 1.83. The number of piperazine rings is 1. The zero-order valence-electron chi connectivity index (χ0n) is 12.2. The molecule has 2 fully saturated rings. The Morgan fingerprint density at radius 1 is 1.21 bits per heavy atom. The predicted molar refractivity (Wildman–Crippen MR) is 77.0 cm³/mol. The van der Waals surface area contributed by atoms with Gasteiger partial charge in [0.25, 0.3) is 0 Å². The van der Waals surface area contributed by atoms with Gasteiger partial charge in [0.2, 0.25) is 5.91 Å². The molecule has 1 saturated carbocycles. The van der Waals surface area contributed by atoms with Gasteiger partial charge in [-0.15, -0.1) is 0 Å². The third-order valence-corrected chi connectivity index (χ3v) is 4.45. The van der Waals surface area contributed by atoms with Crippen LogP contribution in [-0.2, 0) is 4.79 Å². The number of rotatable bonds is 5. The first-order valence-corrected chi connectivity index (χ1v) is 7.61. The molecule has 0 aromatic heterocycles. The van der Waals surface area contributed by atoms with Gasteiger partial charge in [0.15, 0.2) is 0 Å². The fourth-order valence-corrected chi connectivity index (χ4v) is 3.16. The second-order valence-electron chi connectivity index (χ2n) is 5.88. The van der Waals surface area contributed by atoms with Crippen LogP contribution in [0.25, 0.3) is 0 Å². The molecule has 0 atom stereocenters. The third kappa shape index (κ3) is 4.16. The second-order valence-corrected chi connectivity index (χ2v) is 5.88. The van der Waals surface area contributed by atoms with Crippen molar-refractivity contribution in [3.8, 4) is 0 Å². The smallest absolute Gasteiger partial charge is 0.236 e. The van der Waals surface area contributed by atoms with E-state index in [4.69, 9.17) is 5.73 Å². The molecule has 2 rings (SSSR count). The molecule has 0 aromatic carbocycles. The lowest BCUT2D eigenvalue weighted by atomic mass is 10.2. The van der Waals surface area contributed by atoms with E-state index in [0.29, 0.717) is 19.1 Å². The van der Waals surface area contributed by atoms with Crippen molar-refractivity contribution in [2.45, 2.75) is 31.7 Å². The van der Waals surface area contributed by atoms with Gasteiger partial charge in [0.1, 0.15) is 0 Å². The standard InChI is InChI=1S/C14H28N4O/c1-16-8-10-17(11-9-16)14(19)12-18(7-6-15)13-4-2-3-5-13/h13H,2-12,15H2,1H3. The Kier molecular flexibility index (Phi) is 5.60. The first kappa shape index (κ1) is 14.8. The molecular weight excluding hydrogens is 240 g/mol. The highest BCUT2D eigenvalue weighted by Gasteiger charge is 2.26. The average Bonchev–Trinajstić information content (AvgIpc) is 2.92. The summed E-state index contributed by atoms with van der Waals surface area (Å²) in [5.74, 6) is 0.286. The van der Waals surface area contributed by atoms with Crippen LogP contribution >= 0.6 is 0 Å². The van der Waals surface area contributed by atoms with E-state index < -0.39 is 0 Å². The Bertz CT molecular complexity index is 283. The van der Waals surface area contributed by atoms with Gasteiger partial charge in [0.05, 0.1) is 6.54 Å². The highest BCUT2D eigenvalue weighted by molar-refractivity contribution is 5.78. The molecule has 0 aromatic rings. The SMILES string of the molecule is CN1CCN(C(=O)CN(CCN)C2CCCC2)CC1. The van der Waals surface area contributed by atoms with Gasteiger partial charge in [-0.05, 0) is 19.9 Å². The highest BCUT2D eigenvalue weighted by atomic mass is 16.2. The molecule has 1 aliphatic heterocycles. The minimum absolute atomic E-state index is 0.286. The van der Waals surface area contributed by atoms with E-state index >= 15 is 0 Å². The topological polar surface area (TPSA) is 52.8 Å². The number of nitrogens with two attached hydrogens (primary N) is 1. The molecule has 1 heterocycles. The molecule has 0 unspecified atom stereocenters. The Labute approximate surface area is 116 Å². The lowest BCUT2D eigenvalue weighted by Crippen LogP contribution is -2.51. The monoisotopic (exact) mass is 268 g/mol. The molecule has 5 nitrogen and oxygen atoms in total. The van der Waals surface area contributed by atoms with Gasteiger partial charge >= 0.3 is 0 Å². The molecule has 5 heteroatoms. The fourth-order valence-electron chi connectivity index (χ4n) is 3.16. The van der Waals surface area contributed by atoms with Gasteiger partial charge in [-0.3, -0.25) is 9.69 Å². The summed E-state index contributed by atoms with van der Waals surface area (Å²) in [6.07, 6.45) is 5.06. The summed E-state index contributed by atoms with van der Waals surface area (Å²) >= 11 is 0. The fraction of sp³-hybridized carbons (Fsp3) is 0.929. The minimum atomic E-state index is 0.286. The van der Waals surface area contributed by atoms with Gasteiger partial charge in [-0.25, -0.2) is 0 Å². The van der Waals surface area contributed by atoms with Crippen molar-refractivity contribution < 1.29 is 4.79 Å². The van der Waals surface area contributed by atoms with Crippen molar-refractivity contribution >= 4 is 5.91 Å². The number of carbonyl (C=O) groups is 1. The lowest BCUT2D eigenvalue weighted by molar-refractivity contribution is -0.134. The zero-order valence-corrected chi connectivity index (χ0v) is 12.2. The Morgan fingerprint density at radius 3 is 2.42 bits per heavy atom. The Hall–Kier alpha value is -0.650. The normalized spacial score (nSPS) is 22.4. The summed E-state index contributed by atoms with van der Waals surface area (Å²) in [5, 5.41) is 0. The van der Waals surface area contributed by atoms with Gasteiger partial charge < -0.3 is 15.5 Å². The summed E-state index contributed by atoms with van der Waals surface area (Å²) in [5.41, 5.74) is 5.70. The summed E-state index contributed by atoms with van der Waals surface area (Å²) in [4.78, 5) is 19.0. The quantitative estimate of drug-likeness (QED) is 0.760. The van der Waals surface area contributed by atoms with Crippen LogP contribution in [0, 0.1) is 0 Å². The van der Waals surface area contributed by atoms with Crippen molar-refractivity contribution in [2.24, 2.45) is 5.73 Å². The first-order chi connectivity index (χ1) is 9.20. The van der Waals surface area contributed by atoms with E-state index in [1.165, 1.54) is 25.7 Å². The number of likely N-dealkylation sites (N-methyl/N-ethyl adjacent to an activating group) is 1. The number of carbonyl (C=O) groups excluding carboxylic acids is 1. The van der Waals surface area contributed by atoms with Gasteiger partial charge in [0, 0.05) is 45.3 Å². The number of hydrogen-bond donors (Lipinski definition) is 1. The van der Waals surface area contributed by atoms with E-state index in [2.05, 4.69) is 16.8 Å². The minimum Gasteiger partial charge on any atom is -0.339 e. The average molecular weight is 268 g/mol. The zero-order chi connectivity index (χ0) is 13.7. The van der Waals surface area contributed by atoms with Crippen molar-refractivity contribution in [1.82, 2.24) is 14.7 Å². The maximum atomic E-state index is 12.4. The van der Waals surface area contributed by atoms with Crippen molar-refractivity contribution in [2.75, 3.05) is 52.9 Å². The van der Waals surface area contributed by atoms with Gasteiger partial charge in [-0.2, -0.15) is 0 Å². The van der Waals surface area contributed by atoms with Crippen molar-refractivity contribution in [3.05, 3.63) is 0 Å². The maximum Gasteiger partial charge on any atom is 0.236 e. The molecule has 2 aliphatic rings. The second kappa shape index (κ2) is 7.22. The van der Waals surface area contributed by atoms with Crippen LogP contribution in [0.5, 0.6) is 0 Å². The van der Waals surface area contributed by atoms with E-state index in [0.717, 1.165) is 32.7 Å². The molecule has 1 aliphatic carbocycles. The van der Waals surface area contributed by atoms with E-state index in [1.807, 2.05) is 4.90 Å². The summed E-state index contributed by atoms with van der Waals surface area (Å²) in [7, 11) is 2.11. The van der Waals surface area contributed by atoms with Crippen LogP contribution < -0.4 is 5.73 Å². The number of amides is 1. The van der Waals surface area contributed by atoms with Crippen LogP contribution in [0.4, 0.5) is 0 Å². The predicted octanol–water partition coefficient (Wildman–Crippen LogP) is -0.0363. The molecule has 2 N–H and O–H groups in total. The van der Waals surface area contributed by atoms with Crippen LogP contribution in [0.3, 0.4) is 0 Å².